The fourth-order valence-electron chi connectivity index (χ4n) is 2.56. The maximum Gasteiger partial charge on any atom is 0.410 e. The third-order valence-electron chi connectivity index (χ3n) is 3.43. The van der Waals surface area contributed by atoms with E-state index in [4.69, 9.17) is 13.9 Å². The van der Waals surface area contributed by atoms with E-state index in [0.717, 1.165) is 30.8 Å². The first kappa shape index (κ1) is 15.9. The number of hydrogen-bond acceptors (Lipinski definition) is 4. The van der Waals surface area contributed by atoms with Gasteiger partial charge in [0.05, 0.1) is 6.04 Å². The SMILES string of the molecule is COCc1ccc(C2CCCCN2C(=O)OC(C)(C)C)o1. The number of nitrogens with zero attached hydrogens (tertiary/aromatic N) is 1. The van der Waals surface area contributed by atoms with Crippen LogP contribution in [0, 0.1) is 0 Å². The maximum absolute atomic E-state index is 12.4. The summed E-state index contributed by atoms with van der Waals surface area (Å²) in [7, 11) is 1.63. The normalized spacial score (nSPS) is 19.6. The van der Waals surface area contributed by atoms with Gasteiger partial charge in [0.1, 0.15) is 23.7 Å². The summed E-state index contributed by atoms with van der Waals surface area (Å²) in [4.78, 5) is 14.1. The Morgan fingerprint density at radius 2 is 2.14 bits per heavy atom. The summed E-state index contributed by atoms with van der Waals surface area (Å²) in [5.74, 6) is 1.59. The first-order chi connectivity index (χ1) is 9.90. The summed E-state index contributed by atoms with van der Waals surface area (Å²) < 4.78 is 16.4. The second kappa shape index (κ2) is 6.52. The van der Waals surface area contributed by atoms with Crippen molar-refractivity contribution >= 4 is 6.09 Å². The average molecular weight is 295 g/mol. The van der Waals surface area contributed by atoms with E-state index in [1.165, 1.54) is 0 Å². The number of likely N-dealkylation sites (tertiary alicyclic amines) is 1. The van der Waals surface area contributed by atoms with Crippen LogP contribution in [0.15, 0.2) is 16.5 Å². The number of piperidine rings is 1. The molecule has 0 radical (unpaired) electrons. The molecule has 5 heteroatoms. The van der Waals surface area contributed by atoms with Crippen LogP contribution in [-0.4, -0.2) is 30.2 Å². The Balaban J connectivity index is 2.12. The largest absolute Gasteiger partial charge is 0.461 e. The molecule has 1 aromatic heterocycles. The van der Waals surface area contributed by atoms with Gasteiger partial charge in [-0.25, -0.2) is 4.79 Å². The third kappa shape index (κ3) is 4.24. The van der Waals surface area contributed by atoms with Gasteiger partial charge in [-0.15, -0.1) is 0 Å². The molecule has 1 atom stereocenters. The molecule has 0 spiro atoms. The van der Waals surface area contributed by atoms with Gasteiger partial charge < -0.3 is 13.9 Å². The number of hydrogen-bond donors (Lipinski definition) is 0. The Kier molecular flexibility index (Phi) is 4.93. The van der Waals surface area contributed by atoms with Crippen molar-refractivity contribution < 1.29 is 18.7 Å². The van der Waals surface area contributed by atoms with Gasteiger partial charge in [-0.1, -0.05) is 0 Å². The fraction of sp³-hybridized carbons (Fsp3) is 0.688. The van der Waals surface area contributed by atoms with E-state index in [-0.39, 0.29) is 12.1 Å². The van der Waals surface area contributed by atoms with Gasteiger partial charge in [0.2, 0.25) is 0 Å². The fourth-order valence-corrected chi connectivity index (χ4v) is 2.56. The minimum absolute atomic E-state index is 0.0424. The number of methoxy groups -OCH3 is 1. The molecule has 0 N–H and O–H groups in total. The van der Waals surface area contributed by atoms with Gasteiger partial charge in [-0.2, -0.15) is 0 Å². The van der Waals surface area contributed by atoms with E-state index in [0.29, 0.717) is 13.2 Å². The van der Waals surface area contributed by atoms with Crippen molar-refractivity contribution in [1.29, 1.82) is 0 Å². The number of carbonyl (C=O) groups excluding carboxylic acids is 1. The number of amides is 1. The van der Waals surface area contributed by atoms with E-state index < -0.39 is 5.60 Å². The smallest absolute Gasteiger partial charge is 0.410 e. The molecule has 1 aliphatic rings. The molecule has 0 aromatic carbocycles. The zero-order valence-electron chi connectivity index (χ0n) is 13.3. The predicted octanol–water partition coefficient (Wildman–Crippen LogP) is 3.89. The van der Waals surface area contributed by atoms with Gasteiger partial charge in [-0.05, 0) is 52.2 Å². The molecule has 1 amide bonds. The van der Waals surface area contributed by atoms with Crippen molar-refractivity contribution in [3.05, 3.63) is 23.7 Å². The van der Waals surface area contributed by atoms with Gasteiger partial charge >= 0.3 is 6.09 Å². The molecule has 0 saturated carbocycles. The molecule has 1 unspecified atom stereocenters. The lowest BCUT2D eigenvalue weighted by molar-refractivity contribution is 0.00648. The van der Waals surface area contributed by atoms with Crippen LogP contribution in [0.4, 0.5) is 4.79 Å². The van der Waals surface area contributed by atoms with Crippen molar-refractivity contribution in [1.82, 2.24) is 4.90 Å². The maximum atomic E-state index is 12.4. The van der Waals surface area contributed by atoms with Crippen LogP contribution < -0.4 is 0 Å². The first-order valence-electron chi connectivity index (χ1n) is 7.48. The average Bonchev–Trinajstić information content (AvgIpc) is 2.86. The number of ether oxygens (including phenoxy) is 2. The van der Waals surface area contributed by atoms with Crippen molar-refractivity contribution in [2.75, 3.05) is 13.7 Å². The highest BCUT2D eigenvalue weighted by molar-refractivity contribution is 5.68. The second-order valence-corrected chi connectivity index (χ2v) is 6.42. The van der Waals surface area contributed by atoms with E-state index in [2.05, 4.69) is 0 Å². The second-order valence-electron chi connectivity index (χ2n) is 6.42. The molecule has 0 aliphatic carbocycles. The van der Waals surface area contributed by atoms with Crippen LogP contribution >= 0.6 is 0 Å². The van der Waals surface area contributed by atoms with Crippen LogP contribution in [0.25, 0.3) is 0 Å². The molecule has 0 bridgehead atoms. The van der Waals surface area contributed by atoms with Gasteiger partial charge in [0.15, 0.2) is 0 Å². The van der Waals surface area contributed by atoms with Gasteiger partial charge in [0.25, 0.3) is 0 Å². The molecule has 1 aliphatic heterocycles. The summed E-state index contributed by atoms with van der Waals surface area (Å²) in [6.07, 6.45) is 2.72. The lowest BCUT2D eigenvalue weighted by atomic mass is 10.0. The highest BCUT2D eigenvalue weighted by Crippen LogP contribution is 2.33. The minimum Gasteiger partial charge on any atom is -0.461 e. The summed E-state index contributed by atoms with van der Waals surface area (Å²) in [6.45, 7) is 6.80. The summed E-state index contributed by atoms with van der Waals surface area (Å²) in [5.41, 5.74) is -0.483. The number of rotatable bonds is 3. The monoisotopic (exact) mass is 295 g/mol. The highest BCUT2D eigenvalue weighted by atomic mass is 16.6. The highest BCUT2D eigenvalue weighted by Gasteiger charge is 2.33. The van der Waals surface area contributed by atoms with Crippen LogP contribution in [0.2, 0.25) is 0 Å². The van der Waals surface area contributed by atoms with Crippen molar-refractivity contribution in [3.63, 3.8) is 0 Å². The molecule has 2 rings (SSSR count). The molecule has 21 heavy (non-hydrogen) atoms. The molecule has 1 aromatic rings. The van der Waals surface area contributed by atoms with E-state index in [9.17, 15) is 4.79 Å². The number of carbonyl (C=O) groups is 1. The molecule has 1 fully saturated rings. The van der Waals surface area contributed by atoms with E-state index in [1.54, 1.807) is 12.0 Å². The van der Waals surface area contributed by atoms with Crippen LogP contribution in [-0.2, 0) is 16.1 Å². The van der Waals surface area contributed by atoms with Crippen molar-refractivity contribution in [2.24, 2.45) is 0 Å². The van der Waals surface area contributed by atoms with Crippen LogP contribution in [0.3, 0.4) is 0 Å². The molecule has 1 saturated heterocycles. The lowest BCUT2D eigenvalue weighted by Crippen LogP contribution is -2.41. The molecule has 2 heterocycles. The summed E-state index contributed by atoms with van der Waals surface area (Å²) >= 11 is 0. The Morgan fingerprint density at radius 3 is 2.81 bits per heavy atom. The minimum atomic E-state index is -0.483. The Morgan fingerprint density at radius 1 is 1.38 bits per heavy atom. The molecule has 118 valence electrons. The van der Waals surface area contributed by atoms with Crippen molar-refractivity contribution in [2.45, 2.75) is 58.3 Å². The summed E-state index contributed by atoms with van der Waals surface area (Å²) in [6, 6.07) is 3.79. The Hall–Kier alpha value is -1.49. The molecular weight excluding hydrogens is 270 g/mol. The zero-order chi connectivity index (χ0) is 15.5. The van der Waals surface area contributed by atoms with E-state index in [1.807, 2.05) is 32.9 Å². The van der Waals surface area contributed by atoms with Gasteiger partial charge in [0, 0.05) is 13.7 Å². The molecule has 5 nitrogen and oxygen atoms in total. The van der Waals surface area contributed by atoms with Crippen LogP contribution in [0.5, 0.6) is 0 Å². The lowest BCUT2D eigenvalue weighted by Gasteiger charge is -2.35. The predicted molar refractivity (Wildman–Crippen MR) is 79.0 cm³/mol. The molecular formula is C16H25NO4. The topological polar surface area (TPSA) is 51.9 Å². The third-order valence-corrected chi connectivity index (χ3v) is 3.43. The van der Waals surface area contributed by atoms with Crippen molar-refractivity contribution in [3.8, 4) is 0 Å². The zero-order valence-corrected chi connectivity index (χ0v) is 13.3. The Bertz CT molecular complexity index is 475. The quantitative estimate of drug-likeness (QED) is 0.849. The Labute approximate surface area is 126 Å². The standard InChI is InChI=1S/C16H25NO4/c1-16(2,3)21-15(18)17-10-6-5-7-13(17)14-9-8-12(20-14)11-19-4/h8-9,13H,5-7,10-11H2,1-4H3. The summed E-state index contributed by atoms with van der Waals surface area (Å²) in [5, 5.41) is 0. The first-order valence-corrected chi connectivity index (χ1v) is 7.48. The van der Waals surface area contributed by atoms with Gasteiger partial charge in [-0.3, -0.25) is 4.90 Å². The van der Waals surface area contributed by atoms with E-state index >= 15 is 0 Å². The van der Waals surface area contributed by atoms with Crippen LogP contribution in [0.1, 0.15) is 57.6 Å². The number of furan rings is 1.